The molecule has 0 heterocycles. The third-order valence-electron chi connectivity index (χ3n) is 1.15. The number of benzene rings is 1. The molecule has 0 aliphatic heterocycles. The van der Waals surface area contributed by atoms with Crippen LogP contribution in [0.1, 0.15) is 16.5 Å². The third-order valence-corrected chi connectivity index (χ3v) is 1.15. The van der Waals surface area contributed by atoms with E-state index in [1.165, 1.54) is 0 Å². The van der Waals surface area contributed by atoms with Gasteiger partial charge in [-0.15, -0.1) is 0 Å². The van der Waals surface area contributed by atoms with Crippen LogP contribution in [0.2, 0.25) is 0 Å². The molecule has 0 fully saturated rings. The fourth-order valence-corrected chi connectivity index (χ4v) is 0.654. The van der Waals surface area contributed by atoms with Gasteiger partial charge in [-0.3, -0.25) is 0 Å². The summed E-state index contributed by atoms with van der Waals surface area (Å²) in [5.74, 6) is 0. The van der Waals surface area contributed by atoms with Crippen LogP contribution in [0.25, 0.3) is 5.53 Å². The number of nitrogens with zero attached hydrogens (tertiary/aromatic N) is 2. The summed E-state index contributed by atoms with van der Waals surface area (Å²) < 4.78 is 21.2. The SMILES string of the molecule is [2H]C([2H])([2H])C(=[N+]=[N-])c1ccccc1. The number of hydrogen-bond acceptors (Lipinski definition) is 0. The summed E-state index contributed by atoms with van der Waals surface area (Å²) in [6.45, 7) is -2.38. The predicted molar refractivity (Wildman–Crippen MR) is 39.8 cm³/mol. The van der Waals surface area contributed by atoms with Gasteiger partial charge >= 0.3 is 0 Å². The summed E-state index contributed by atoms with van der Waals surface area (Å²) >= 11 is 0. The van der Waals surface area contributed by atoms with Gasteiger partial charge < -0.3 is 5.53 Å². The lowest BCUT2D eigenvalue weighted by Gasteiger charge is -1.86. The molecule has 0 atom stereocenters. The second-order valence-corrected chi connectivity index (χ2v) is 1.81. The minimum atomic E-state index is -2.38. The van der Waals surface area contributed by atoms with Crippen molar-refractivity contribution in [2.75, 3.05) is 0 Å². The van der Waals surface area contributed by atoms with Crippen molar-refractivity contribution in [2.45, 2.75) is 6.85 Å². The van der Waals surface area contributed by atoms with E-state index in [4.69, 9.17) is 9.64 Å². The highest BCUT2D eigenvalue weighted by molar-refractivity contribution is 5.94. The molecule has 0 bridgehead atoms. The Hall–Kier alpha value is -1.40. The third kappa shape index (κ3) is 1.30. The van der Waals surface area contributed by atoms with Crippen molar-refractivity contribution in [1.29, 1.82) is 0 Å². The summed E-state index contributed by atoms with van der Waals surface area (Å²) in [6.07, 6.45) is 0. The molecule has 2 nitrogen and oxygen atoms in total. The van der Waals surface area contributed by atoms with Crippen LogP contribution in [0.5, 0.6) is 0 Å². The largest absolute Gasteiger partial charge is 0.361 e. The summed E-state index contributed by atoms with van der Waals surface area (Å²) in [5, 5.41) is 0. The second-order valence-electron chi connectivity index (χ2n) is 1.81. The Morgan fingerprint density at radius 3 is 2.70 bits per heavy atom. The molecule has 1 aromatic rings. The maximum absolute atomic E-state index is 8.54. The Bertz CT molecular complexity index is 336. The lowest BCUT2D eigenvalue weighted by Crippen LogP contribution is -1.93. The lowest BCUT2D eigenvalue weighted by molar-refractivity contribution is -0.00460. The highest BCUT2D eigenvalue weighted by Gasteiger charge is 2.00. The molecular weight excluding hydrogens is 124 g/mol. The molecule has 0 aliphatic carbocycles. The molecule has 1 rings (SSSR count). The van der Waals surface area contributed by atoms with E-state index in [1.807, 2.05) is 0 Å². The van der Waals surface area contributed by atoms with Gasteiger partial charge in [-0.25, -0.2) is 0 Å². The minimum Gasteiger partial charge on any atom is -0.361 e. The first-order valence-electron chi connectivity index (χ1n) is 4.33. The van der Waals surface area contributed by atoms with Gasteiger partial charge in [0.15, 0.2) is 0 Å². The highest BCUT2D eigenvalue weighted by atomic mass is 14.8. The van der Waals surface area contributed by atoms with Crippen molar-refractivity contribution in [1.82, 2.24) is 0 Å². The lowest BCUT2D eigenvalue weighted by atomic mass is 10.1. The molecule has 0 unspecified atom stereocenters. The minimum absolute atomic E-state index is 0.284. The first-order valence-corrected chi connectivity index (χ1v) is 2.83. The Morgan fingerprint density at radius 2 is 2.20 bits per heavy atom. The van der Waals surface area contributed by atoms with E-state index in [0.29, 0.717) is 5.56 Å². The van der Waals surface area contributed by atoms with Crippen molar-refractivity contribution < 1.29 is 8.90 Å². The molecule has 0 spiro atoms. The first-order chi connectivity index (χ1) is 6.05. The van der Waals surface area contributed by atoms with Gasteiger partial charge in [0.25, 0.3) is 5.71 Å². The molecule has 10 heavy (non-hydrogen) atoms. The molecular formula is C8H8N2. The zero-order chi connectivity index (χ0) is 9.90. The quantitative estimate of drug-likeness (QED) is 0.319. The van der Waals surface area contributed by atoms with Gasteiger partial charge in [-0.05, 0) is 12.1 Å². The average molecular weight is 135 g/mol. The van der Waals surface area contributed by atoms with Crippen LogP contribution in [0.3, 0.4) is 0 Å². The normalized spacial score (nSPS) is 14.2. The first kappa shape index (κ1) is 3.69. The fourth-order valence-electron chi connectivity index (χ4n) is 0.654. The van der Waals surface area contributed by atoms with Crippen LogP contribution in [0.4, 0.5) is 0 Å². The van der Waals surface area contributed by atoms with E-state index in [0.717, 1.165) is 0 Å². The van der Waals surface area contributed by atoms with Crippen LogP contribution < -0.4 is 0 Å². The maximum Gasteiger partial charge on any atom is 0.296 e. The Kier molecular flexibility index (Phi) is 1.09. The Balaban J connectivity index is 3.15. The van der Waals surface area contributed by atoms with E-state index < -0.39 is 6.85 Å². The van der Waals surface area contributed by atoms with E-state index in [1.54, 1.807) is 30.3 Å². The van der Waals surface area contributed by atoms with Crippen molar-refractivity contribution in [2.24, 2.45) is 0 Å². The molecule has 50 valence electrons. The number of rotatable bonds is 1. The fraction of sp³-hybridized carbons (Fsp3) is 0.125. The van der Waals surface area contributed by atoms with Crippen molar-refractivity contribution in [3.05, 3.63) is 41.4 Å². The molecule has 0 saturated heterocycles. The molecule has 0 radical (unpaired) electrons. The molecule has 0 saturated carbocycles. The average Bonchev–Trinajstić information content (AvgIpc) is 2.05. The van der Waals surface area contributed by atoms with Crippen molar-refractivity contribution >= 4 is 5.71 Å². The Labute approximate surface area is 64.0 Å². The van der Waals surface area contributed by atoms with E-state index >= 15 is 0 Å². The predicted octanol–water partition coefficient (Wildman–Crippen LogP) is 1.73. The molecule has 1 aromatic carbocycles. The maximum atomic E-state index is 8.54. The standard InChI is InChI=1S/C8H8N2/c1-7(10-9)8-5-3-2-4-6-8/h2-6H,1H3/i1D3. The summed E-state index contributed by atoms with van der Waals surface area (Å²) in [7, 11) is 0. The van der Waals surface area contributed by atoms with Gasteiger partial charge in [-0.2, -0.15) is 4.79 Å². The van der Waals surface area contributed by atoms with Crippen LogP contribution in [-0.4, -0.2) is 10.5 Å². The summed E-state index contributed by atoms with van der Waals surface area (Å²) in [6, 6.07) is 8.30. The smallest absolute Gasteiger partial charge is 0.296 e. The van der Waals surface area contributed by atoms with Gasteiger partial charge in [-0.1, -0.05) is 18.2 Å². The van der Waals surface area contributed by atoms with E-state index in [-0.39, 0.29) is 5.71 Å². The topological polar surface area (TPSA) is 36.4 Å². The molecule has 0 aliphatic rings. The van der Waals surface area contributed by atoms with Crippen molar-refractivity contribution in [3.8, 4) is 0 Å². The van der Waals surface area contributed by atoms with Crippen LogP contribution >= 0.6 is 0 Å². The molecule has 0 aromatic heterocycles. The van der Waals surface area contributed by atoms with Crippen LogP contribution in [-0.2, 0) is 0 Å². The van der Waals surface area contributed by atoms with Gasteiger partial charge in [0.2, 0.25) is 0 Å². The summed E-state index contributed by atoms with van der Waals surface area (Å²) in [4.78, 5) is 2.78. The van der Waals surface area contributed by atoms with Crippen LogP contribution in [0, 0.1) is 0 Å². The van der Waals surface area contributed by atoms with E-state index in [9.17, 15) is 0 Å². The summed E-state index contributed by atoms with van der Waals surface area (Å²) in [5.41, 5.74) is 8.67. The van der Waals surface area contributed by atoms with Gasteiger partial charge in [0.1, 0.15) is 0 Å². The van der Waals surface area contributed by atoms with Crippen molar-refractivity contribution in [3.63, 3.8) is 0 Å². The highest BCUT2D eigenvalue weighted by Crippen LogP contribution is 1.97. The zero-order valence-electron chi connectivity index (χ0n) is 8.28. The van der Waals surface area contributed by atoms with Gasteiger partial charge in [0.05, 0.1) is 5.56 Å². The number of hydrogen-bond donors (Lipinski definition) is 0. The Morgan fingerprint density at radius 1 is 1.50 bits per heavy atom. The van der Waals surface area contributed by atoms with Crippen LogP contribution in [0.15, 0.2) is 30.3 Å². The van der Waals surface area contributed by atoms with Gasteiger partial charge in [0, 0.05) is 11.0 Å². The monoisotopic (exact) mass is 135 g/mol. The molecule has 0 amide bonds. The molecule has 0 N–H and O–H groups in total. The second kappa shape index (κ2) is 2.95. The zero-order valence-corrected chi connectivity index (χ0v) is 5.28. The van der Waals surface area contributed by atoms with E-state index in [2.05, 4.69) is 4.79 Å². The molecule has 2 heteroatoms.